The maximum Gasteiger partial charge on any atom is 0.329 e. The number of esters is 1. The second-order valence-electron chi connectivity index (χ2n) is 6.15. The van der Waals surface area contributed by atoms with Crippen molar-refractivity contribution in [2.75, 3.05) is 6.54 Å². The molecule has 6 heteroatoms. The van der Waals surface area contributed by atoms with E-state index in [2.05, 4.69) is 5.32 Å². The molecule has 0 aromatic heterocycles. The van der Waals surface area contributed by atoms with Crippen LogP contribution in [0.15, 0.2) is 0 Å². The molecule has 6 nitrogen and oxygen atoms in total. The Morgan fingerprint density at radius 1 is 1.30 bits per heavy atom. The Balaban J connectivity index is 2.71. The molecule has 20 heavy (non-hydrogen) atoms. The number of amides is 2. The van der Waals surface area contributed by atoms with Crippen molar-refractivity contribution in [3.05, 3.63) is 0 Å². The lowest BCUT2D eigenvalue weighted by molar-refractivity contribution is -0.163. The Bertz CT molecular complexity index is 400. The maximum absolute atomic E-state index is 12.3. The molecular weight excluding hydrogens is 260 g/mol. The van der Waals surface area contributed by atoms with Crippen LogP contribution in [0.25, 0.3) is 0 Å². The smallest absolute Gasteiger partial charge is 0.329 e. The van der Waals surface area contributed by atoms with Gasteiger partial charge in [-0.25, -0.2) is 4.79 Å². The fourth-order valence-corrected chi connectivity index (χ4v) is 2.26. The number of hydrogen-bond acceptors (Lipinski definition) is 4. The van der Waals surface area contributed by atoms with Gasteiger partial charge in [-0.2, -0.15) is 0 Å². The first-order chi connectivity index (χ1) is 9.11. The average molecular weight is 284 g/mol. The lowest BCUT2D eigenvalue weighted by atomic mass is 10.1. The van der Waals surface area contributed by atoms with Gasteiger partial charge in [0.25, 0.3) is 0 Å². The summed E-state index contributed by atoms with van der Waals surface area (Å²) in [7, 11) is 0. The van der Waals surface area contributed by atoms with Crippen LogP contribution in [0.2, 0.25) is 0 Å². The van der Waals surface area contributed by atoms with Crippen LogP contribution in [0, 0.1) is 0 Å². The number of carbonyl (C=O) groups is 3. The van der Waals surface area contributed by atoms with Gasteiger partial charge < -0.3 is 15.0 Å². The van der Waals surface area contributed by atoms with E-state index in [1.165, 1.54) is 11.8 Å². The first-order valence-electron chi connectivity index (χ1n) is 6.92. The molecule has 0 saturated carbocycles. The Hall–Kier alpha value is -1.59. The standard InChI is InChI=1S/C14H24N2O4/c1-9(15-10(2)17)12(18)16-8-6-7-11(16)13(19)20-14(3,4)5/h9,11H,6-8H2,1-5H3,(H,15,17)/t9?,11-/m0/s1. The van der Waals surface area contributed by atoms with Gasteiger partial charge in [-0.15, -0.1) is 0 Å². The molecule has 1 heterocycles. The largest absolute Gasteiger partial charge is 0.458 e. The number of hydrogen-bond donors (Lipinski definition) is 1. The minimum Gasteiger partial charge on any atom is -0.458 e. The molecule has 0 bridgehead atoms. The molecule has 2 atom stereocenters. The second kappa shape index (κ2) is 6.24. The van der Waals surface area contributed by atoms with Crippen molar-refractivity contribution in [3.63, 3.8) is 0 Å². The summed E-state index contributed by atoms with van der Waals surface area (Å²) < 4.78 is 5.34. The van der Waals surface area contributed by atoms with Gasteiger partial charge in [0.05, 0.1) is 0 Å². The van der Waals surface area contributed by atoms with Gasteiger partial charge in [0.15, 0.2) is 0 Å². The molecule has 1 aliphatic heterocycles. The number of rotatable bonds is 3. The van der Waals surface area contributed by atoms with Crippen molar-refractivity contribution >= 4 is 17.8 Å². The number of carbonyl (C=O) groups excluding carboxylic acids is 3. The van der Waals surface area contributed by atoms with Gasteiger partial charge in [-0.05, 0) is 40.5 Å². The summed E-state index contributed by atoms with van der Waals surface area (Å²) in [6.07, 6.45) is 1.37. The van der Waals surface area contributed by atoms with Gasteiger partial charge in [-0.3, -0.25) is 9.59 Å². The van der Waals surface area contributed by atoms with E-state index < -0.39 is 17.7 Å². The minimum absolute atomic E-state index is 0.242. The summed E-state index contributed by atoms with van der Waals surface area (Å²) >= 11 is 0. The summed E-state index contributed by atoms with van der Waals surface area (Å²) in [5.41, 5.74) is -0.572. The number of nitrogens with zero attached hydrogens (tertiary/aromatic N) is 1. The second-order valence-corrected chi connectivity index (χ2v) is 6.15. The third-order valence-corrected chi connectivity index (χ3v) is 3.00. The normalized spacial score (nSPS) is 20.4. The summed E-state index contributed by atoms with van der Waals surface area (Å²) in [5.74, 6) is -0.884. The number of nitrogens with one attached hydrogen (secondary N) is 1. The quantitative estimate of drug-likeness (QED) is 0.779. The van der Waals surface area contributed by atoms with Crippen LogP contribution in [0.1, 0.15) is 47.5 Å². The zero-order chi connectivity index (χ0) is 15.5. The van der Waals surface area contributed by atoms with E-state index in [1.807, 2.05) is 0 Å². The Morgan fingerprint density at radius 2 is 1.90 bits per heavy atom. The van der Waals surface area contributed by atoms with Crippen LogP contribution in [-0.4, -0.2) is 46.9 Å². The molecule has 2 amide bonds. The maximum atomic E-state index is 12.3. The Kier molecular flexibility index (Phi) is 5.14. The Morgan fingerprint density at radius 3 is 2.40 bits per heavy atom. The van der Waals surface area contributed by atoms with E-state index in [9.17, 15) is 14.4 Å². The highest BCUT2D eigenvalue weighted by molar-refractivity contribution is 5.90. The highest BCUT2D eigenvalue weighted by atomic mass is 16.6. The van der Waals surface area contributed by atoms with Crippen LogP contribution >= 0.6 is 0 Å². The zero-order valence-corrected chi connectivity index (χ0v) is 12.9. The van der Waals surface area contributed by atoms with E-state index in [-0.39, 0.29) is 17.8 Å². The fraction of sp³-hybridized carbons (Fsp3) is 0.786. The highest BCUT2D eigenvalue weighted by Gasteiger charge is 2.38. The van der Waals surface area contributed by atoms with E-state index in [0.29, 0.717) is 13.0 Å². The van der Waals surface area contributed by atoms with Crippen molar-refractivity contribution < 1.29 is 19.1 Å². The Labute approximate surface area is 119 Å². The molecule has 0 aliphatic carbocycles. The van der Waals surface area contributed by atoms with Crippen LogP contribution in [-0.2, 0) is 19.1 Å². The molecule has 114 valence electrons. The van der Waals surface area contributed by atoms with Gasteiger partial charge in [0, 0.05) is 13.5 Å². The first kappa shape index (κ1) is 16.5. The van der Waals surface area contributed by atoms with E-state index in [1.54, 1.807) is 27.7 Å². The van der Waals surface area contributed by atoms with E-state index in [0.717, 1.165) is 6.42 Å². The monoisotopic (exact) mass is 284 g/mol. The van der Waals surface area contributed by atoms with E-state index >= 15 is 0 Å². The predicted molar refractivity (Wildman–Crippen MR) is 73.9 cm³/mol. The molecular formula is C14H24N2O4. The van der Waals surface area contributed by atoms with Crippen LogP contribution in [0.3, 0.4) is 0 Å². The topological polar surface area (TPSA) is 75.7 Å². The lowest BCUT2D eigenvalue weighted by Crippen LogP contribution is -2.51. The zero-order valence-electron chi connectivity index (χ0n) is 12.9. The lowest BCUT2D eigenvalue weighted by Gasteiger charge is -2.29. The van der Waals surface area contributed by atoms with Gasteiger partial charge in [-0.1, -0.05) is 0 Å². The molecule has 0 aromatic carbocycles. The summed E-state index contributed by atoms with van der Waals surface area (Å²) in [4.78, 5) is 36.9. The molecule has 1 N–H and O–H groups in total. The molecule has 1 aliphatic rings. The van der Waals surface area contributed by atoms with Crippen LogP contribution in [0.5, 0.6) is 0 Å². The number of likely N-dealkylation sites (tertiary alicyclic amines) is 1. The summed E-state index contributed by atoms with van der Waals surface area (Å²) in [5, 5.41) is 2.54. The molecule has 1 rings (SSSR count). The molecule has 1 unspecified atom stereocenters. The van der Waals surface area contributed by atoms with Gasteiger partial charge in [0.1, 0.15) is 17.7 Å². The van der Waals surface area contributed by atoms with Gasteiger partial charge >= 0.3 is 5.97 Å². The van der Waals surface area contributed by atoms with E-state index in [4.69, 9.17) is 4.74 Å². The molecule has 0 spiro atoms. The van der Waals surface area contributed by atoms with Crippen LogP contribution in [0.4, 0.5) is 0 Å². The minimum atomic E-state index is -0.629. The molecule has 0 aromatic rings. The average Bonchev–Trinajstić information content (AvgIpc) is 2.73. The highest BCUT2D eigenvalue weighted by Crippen LogP contribution is 2.21. The predicted octanol–water partition coefficient (Wildman–Crippen LogP) is 0.844. The third-order valence-electron chi connectivity index (χ3n) is 3.00. The van der Waals surface area contributed by atoms with Crippen molar-refractivity contribution in [1.29, 1.82) is 0 Å². The third kappa shape index (κ3) is 4.51. The van der Waals surface area contributed by atoms with Crippen molar-refractivity contribution in [2.24, 2.45) is 0 Å². The molecule has 1 fully saturated rings. The molecule has 0 radical (unpaired) electrons. The van der Waals surface area contributed by atoms with Crippen molar-refractivity contribution in [2.45, 2.75) is 65.1 Å². The first-order valence-corrected chi connectivity index (χ1v) is 6.92. The van der Waals surface area contributed by atoms with Crippen molar-refractivity contribution in [3.8, 4) is 0 Å². The summed E-state index contributed by atoms with van der Waals surface area (Å²) in [6.45, 7) is 8.89. The summed E-state index contributed by atoms with van der Waals surface area (Å²) in [6, 6.07) is -1.17. The van der Waals surface area contributed by atoms with Crippen LogP contribution < -0.4 is 5.32 Å². The van der Waals surface area contributed by atoms with Gasteiger partial charge in [0.2, 0.25) is 11.8 Å². The SMILES string of the molecule is CC(=O)NC(C)C(=O)N1CCC[C@H]1C(=O)OC(C)(C)C. The molecule has 1 saturated heterocycles. The number of ether oxygens (including phenoxy) is 1. The fourth-order valence-electron chi connectivity index (χ4n) is 2.26. The van der Waals surface area contributed by atoms with Crippen molar-refractivity contribution in [1.82, 2.24) is 10.2 Å².